The van der Waals surface area contributed by atoms with E-state index in [1.807, 2.05) is 45.9 Å². The van der Waals surface area contributed by atoms with Gasteiger partial charge in [0.25, 0.3) is 0 Å². The first kappa shape index (κ1) is 29.9. The topological polar surface area (TPSA) is 131 Å². The molecule has 0 heterocycles. The van der Waals surface area contributed by atoms with Crippen LogP contribution in [0.1, 0.15) is 84.5 Å². The summed E-state index contributed by atoms with van der Waals surface area (Å²) in [6.07, 6.45) is -1.31. The zero-order valence-electron chi connectivity index (χ0n) is 22.7. The Morgan fingerprint density at radius 3 is 2.03 bits per heavy atom. The molecule has 0 aliphatic heterocycles. The second-order valence-corrected chi connectivity index (χ2v) is 11.1. The van der Waals surface area contributed by atoms with Crippen molar-refractivity contribution >= 4 is 23.8 Å². The minimum atomic E-state index is -1.32. The van der Waals surface area contributed by atoms with Crippen LogP contribution in [0.4, 0.5) is 4.79 Å². The summed E-state index contributed by atoms with van der Waals surface area (Å²) in [6.45, 7) is 17.9. The molecule has 4 amide bonds. The molecule has 0 radical (unpaired) electrons. The predicted molar refractivity (Wildman–Crippen MR) is 136 cm³/mol. The molecule has 0 bridgehead atoms. The van der Waals surface area contributed by atoms with Crippen LogP contribution in [0, 0.1) is 13.8 Å². The molecular formula is C26H42N4O5. The lowest BCUT2D eigenvalue weighted by molar-refractivity contribution is -0.149. The minimum absolute atomic E-state index is 0.173. The van der Waals surface area contributed by atoms with E-state index in [2.05, 4.69) is 10.6 Å². The number of alkyl carbamates (subject to hydrolysis) is 1. The maximum absolute atomic E-state index is 14.0. The Hall–Kier alpha value is -3.10. The van der Waals surface area contributed by atoms with Gasteiger partial charge in [0, 0.05) is 11.6 Å². The number of hydrogen-bond acceptors (Lipinski definition) is 5. The summed E-state index contributed by atoms with van der Waals surface area (Å²) in [5, 5.41) is 5.39. The molecule has 9 nitrogen and oxygen atoms in total. The SMILES string of the molecule is Cc1cccc(C(C(=O)NC(C)C)N(C(=O)C(CC(N)=O)NC(=O)OC(C)(C)C)C(C)(C)C)c1C. The number of carbonyl (C=O) groups excluding carboxylic acids is 4. The molecular weight excluding hydrogens is 448 g/mol. The fourth-order valence-electron chi connectivity index (χ4n) is 3.70. The van der Waals surface area contributed by atoms with E-state index < -0.39 is 47.6 Å². The van der Waals surface area contributed by atoms with Crippen LogP contribution in [0.25, 0.3) is 0 Å². The van der Waals surface area contributed by atoms with Crippen LogP contribution in [0.3, 0.4) is 0 Å². The van der Waals surface area contributed by atoms with Gasteiger partial charge in [0.05, 0.1) is 6.42 Å². The lowest BCUT2D eigenvalue weighted by atomic mass is 9.91. The highest BCUT2D eigenvalue weighted by Crippen LogP contribution is 2.33. The highest BCUT2D eigenvalue weighted by Gasteiger charge is 2.43. The highest BCUT2D eigenvalue weighted by molar-refractivity contribution is 5.95. The zero-order chi connectivity index (χ0) is 27.3. The van der Waals surface area contributed by atoms with Gasteiger partial charge in [-0.3, -0.25) is 14.4 Å². The van der Waals surface area contributed by atoms with Crippen LogP contribution in [-0.4, -0.2) is 51.9 Å². The summed E-state index contributed by atoms with van der Waals surface area (Å²) in [6, 6.07) is 3.07. The third-order valence-electron chi connectivity index (χ3n) is 5.23. The Labute approximate surface area is 209 Å². The van der Waals surface area contributed by atoms with Crippen molar-refractivity contribution < 1.29 is 23.9 Å². The van der Waals surface area contributed by atoms with Crippen LogP contribution < -0.4 is 16.4 Å². The molecule has 0 saturated heterocycles. The fourth-order valence-corrected chi connectivity index (χ4v) is 3.70. The van der Waals surface area contributed by atoms with E-state index in [0.717, 1.165) is 11.1 Å². The van der Waals surface area contributed by atoms with E-state index in [4.69, 9.17) is 10.5 Å². The number of primary amides is 1. The normalized spacial score (nSPS) is 13.6. The summed E-state index contributed by atoms with van der Waals surface area (Å²) >= 11 is 0. The first-order chi connectivity index (χ1) is 15.8. The first-order valence-electron chi connectivity index (χ1n) is 11.8. The third kappa shape index (κ3) is 8.88. The van der Waals surface area contributed by atoms with Gasteiger partial charge in [0.1, 0.15) is 17.7 Å². The molecule has 0 saturated carbocycles. The highest BCUT2D eigenvalue weighted by atomic mass is 16.6. The number of carbonyl (C=O) groups is 4. The Morgan fingerprint density at radius 1 is 1.00 bits per heavy atom. The number of hydrogen-bond donors (Lipinski definition) is 3. The molecule has 0 aromatic heterocycles. The summed E-state index contributed by atoms with van der Waals surface area (Å²) in [4.78, 5) is 53.3. The fraction of sp³-hybridized carbons (Fsp3) is 0.615. The average molecular weight is 491 g/mol. The number of nitrogens with two attached hydrogens (primary N) is 1. The Morgan fingerprint density at radius 2 is 1.57 bits per heavy atom. The molecule has 9 heteroatoms. The second kappa shape index (κ2) is 11.6. The third-order valence-corrected chi connectivity index (χ3v) is 5.23. The van der Waals surface area contributed by atoms with E-state index >= 15 is 0 Å². The van der Waals surface area contributed by atoms with Crippen molar-refractivity contribution in [2.75, 3.05) is 0 Å². The molecule has 2 atom stereocenters. The van der Waals surface area contributed by atoms with Crippen molar-refractivity contribution in [1.29, 1.82) is 0 Å². The predicted octanol–water partition coefficient (Wildman–Crippen LogP) is 3.26. The van der Waals surface area contributed by atoms with Crippen molar-refractivity contribution in [3.05, 3.63) is 34.9 Å². The van der Waals surface area contributed by atoms with E-state index in [-0.39, 0.29) is 11.9 Å². The monoisotopic (exact) mass is 490 g/mol. The summed E-state index contributed by atoms with van der Waals surface area (Å²) in [5.41, 5.74) is 6.23. The minimum Gasteiger partial charge on any atom is -0.444 e. The lowest BCUT2D eigenvalue weighted by Crippen LogP contribution is -2.59. The number of nitrogens with zero attached hydrogens (tertiary/aromatic N) is 1. The maximum atomic E-state index is 14.0. The van der Waals surface area contributed by atoms with Crippen molar-refractivity contribution in [3.8, 4) is 0 Å². The second-order valence-electron chi connectivity index (χ2n) is 11.1. The van der Waals surface area contributed by atoms with Gasteiger partial charge >= 0.3 is 6.09 Å². The molecule has 2 unspecified atom stereocenters. The number of rotatable bonds is 8. The molecule has 4 N–H and O–H groups in total. The van der Waals surface area contributed by atoms with Crippen molar-refractivity contribution in [2.24, 2.45) is 5.73 Å². The van der Waals surface area contributed by atoms with Crippen molar-refractivity contribution in [1.82, 2.24) is 15.5 Å². The Balaban J connectivity index is 3.66. The van der Waals surface area contributed by atoms with Gasteiger partial charge in [-0.1, -0.05) is 18.2 Å². The van der Waals surface area contributed by atoms with Crippen LogP contribution in [-0.2, 0) is 19.1 Å². The number of benzene rings is 1. The van der Waals surface area contributed by atoms with Gasteiger partial charge in [-0.05, 0) is 85.9 Å². The van der Waals surface area contributed by atoms with Crippen LogP contribution in [0.2, 0.25) is 0 Å². The van der Waals surface area contributed by atoms with Crippen LogP contribution in [0.15, 0.2) is 18.2 Å². The number of aryl methyl sites for hydroxylation is 1. The number of amides is 4. The van der Waals surface area contributed by atoms with Gasteiger partial charge < -0.3 is 26.0 Å². The number of ether oxygens (including phenoxy) is 1. The maximum Gasteiger partial charge on any atom is 0.408 e. The molecule has 1 rings (SSSR count). The molecule has 35 heavy (non-hydrogen) atoms. The molecule has 196 valence electrons. The van der Waals surface area contributed by atoms with E-state index in [1.165, 1.54) is 4.90 Å². The molecule has 0 spiro atoms. The number of nitrogens with one attached hydrogen (secondary N) is 2. The zero-order valence-corrected chi connectivity index (χ0v) is 22.7. The van der Waals surface area contributed by atoms with E-state index in [0.29, 0.717) is 5.56 Å². The van der Waals surface area contributed by atoms with Gasteiger partial charge in [-0.2, -0.15) is 0 Å². The summed E-state index contributed by atoms with van der Waals surface area (Å²) < 4.78 is 5.29. The van der Waals surface area contributed by atoms with Crippen molar-refractivity contribution in [3.63, 3.8) is 0 Å². The largest absolute Gasteiger partial charge is 0.444 e. The first-order valence-corrected chi connectivity index (χ1v) is 11.8. The smallest absolute Gasteiger partial charge is 0.408 e. The van der Waals surface area contributed by atoms with Crippen molar-refractivity contribution in [2.45, 2.75) is 105 Å². The molecule has 0 fully saturated rings. The standard InChI is InChI=1S/C26H42N4O5/c1-15(2)28-22(32)21(18-13-11-12-16(3)17(18)4)30(25(5,6)7)23(33)19(14-20(27)31)29-24(34)35-26(8,9)10/h11-13,15,19,21H,14H2,1-10H3,(H2,27,31)(H,28,32)(H,29,34). The van der Waals surface area contributed by atoms with Crippen LogP contribution >= 0.6 is 0 Å². The summed E-state index contributed by atoms with van der Waals surface area (Å²) in [7, 11) is 0. The van der Waals surface area contributed by atoms with E-state index in [1.54, 1.807) is 41.5 Å². The Bertz CT molecular complexity index is 944. The molecule has 1 aromatic carbocycles. The summed E-state index contributed by atoms with van der Waals surface area (Å²) in [5.74, 6) is -1.76. The quantitative estimate of drug-likeness (QED) is 0.515. The Kier molecular flexibility index (Phi) is 9.88. The van der Waals surface area contributed by atoms with Gasteiger partial charge in [0.15, 0.2) is 0 Å². The average Bonchev–Trinajstić information content (AvgIpc) is 2.64. The van der Waals surface area contributed by atoms with Gasteiger partial charge in [-0.25, -0.2) is 4.79 Å². The van der Waals surface area contributed by atoms with Crippen LogP contribution in [0.5, 0.6) is 0 Å². The van der Waals surface area contributed by atoms with E-state index in [9.17, 15) is 19.2 Å². The molecule has 0 aliphatic rings. The molecule has 0 aliphatic carbocycles. The van der Waals surface area contributed by atoms with Gasteiger partial charge in [0.2, 0.25) is 17.7 Å². The lowest BCUT2D eigenvalue weighted by Gasteiger charge is -2.43. The molecule has 1 aromatic rings. The van der Waals surface area contributed by atoms with Gasteiger partial charge in [-0.15, -0.1) is 0 Å².